The molecule has 23 heavy (non-hydrogen) atoms. The molecule has 1 aliphatic heterocycles. The Balaban J connectivity index is 2.02. The van der Waals surface area contributed by atoms with E-state index >= 15 is 0 Å². The van der Waals surface area contributed by atoms with Gasteiger partial charge in [-0.25, -0.2) is 9.78 Å². The van der Waals surface area contributed by atoms with Crippen molar-refractivity contribution in [2.75, 3.05) is 11.9 Å². The number of aromatic nitrogens is 3. The van der Waals surface area contributed by atoms with Crippen LogP contribution in [0.2, 0.25) is 0 Å². The first-order valence-electron chi connectivity index (χ1n) is 6.82. The topological polar surface area (TPSA) is 164 Å². The first kappa shape index (κ1) is 17.0. The van der Waals surface area contributed by atoms with Crippen LogP contribution in [0.4, 0.5) is 5.95 Å². The van der Waals surface area contributed by atoms with Crippen molar-refractivity contribution in [3.8, 4) is 0 Å². The maximum Gasteiger partial charge on any atom is 0.354 e. The maximum absolute atomic E-state index is 11.9. The van der Waals surface area contributed by atoms with E-state index in [1.807, 2.05) is 0 Å². The zero-order valence-electron chi connectivity index (χ0n) is 12.0. The maximum atomic E-state index is 11.9. The Morgan fingerprint density at radius 3 is 2.74 bits per heavy atom. The lowest BCUT2D eigenvalue weighted by molar-refractivity contribution is -0.138. The predicted molar refractivity (Wildman–Crippen MR) is 73.4 cm³/mol. The Morgan fingerprint density at radius 1 is 1.43 bits per heavy atom. The summed E-state index contributed by atoms with van der Waals surface area (Å²) in [5.74, 6) is -2.00. The second-order valence-electron chi connectivity index (χ2n) is 4.93. The van der Waals surface area contributed by atoms with E-state index in [0.29, 0.717) is 0 Å². The first-order valence-corrected chi connectivity index (χ1v) is 6.82. The van der Waals surface area contributed by atoms with Crippen molar-refractivity contribution in [1.82, 2.24) is 14.5 Å². The summed E-state index contributed by atoms with van der Waals surface area (Å²) < 4.78 is 6.34. The highest BCUT2D eigenvalue weighted by molar-refractivity contribution is 5.90. The Morgan fingerprint density at radius 2 is 2.17 bits per heavy atom. The van der Waals surface area contributed by atoms with Crippen LogP contribution in [-0.4, -0.2) is 60.5 Å². The van der Waals surface area contributed by atoms with Gasteiger partial charge in [0.2, 0.25) is 11.9 Å². The van der Waals surface area contributed by atoms with E-state index in [1.165, 1.54) is 0 Å². The van der Waals surface area contributed by atoms with Crippen LogP contribution in [-0.2, 0) is 14.3 Å². The smallest absolute Gasteiger partial charge is 0.354 e. The molecule has 0 aromatic carbocycles. The summed E-state index contributed by atoms with van der Waals surface area (Å²) in [6.45, 7) is -0.384. The van der Waals surface area contributed by atoms with Crippen molar-refractivity contribution in [1.29, 1.82) is 0 Å². The normalized spacial score (nSPS) is 23.7. The van der Waals surface area contributed by atoms with Crippen LogP contribution in [0.3, 0.4) is 0 Å². The molecule has 2 heterocycles. The number of aliphatic hydroxyl groups is 2. The zero-order valence-corrected chi connectivity index (χ0v) is 12.0. The van der Waals surface area contributed by atoms with Crippen LogP contribution >= 0.6 is 0 Å². The minimum Gasteiger partial charge on any atom is -0.481 e. The van der Waals surface area contributed by atoms with E-state index < -0.39 is 36.0 Å². The molecular weight excluding hydrogens is 312 g/mol. The summed E-state index contributed by atoms with van der Waals surface area (Å²) >= 11 is 0. The summed E-state index contributed by atoms with van der Waals surface area (Å²) in [7, 11) is 0. The number of carboxylic acids is 1. The Kier molecular flexibility index (Phi) is 5.36. The number of hydrogen-bond donors (Lipinski definition) is 4. The number of aliphatic carboxylic acids is 1. The van der Waals surface area contributed by atoms with Gasteiger partial charge in [-0.1, -0.05) is 0 Å². The quantitative estimate of drug-likeness (QED) is 0.466. The number of carboxylic acid groups (broad SMARTS) is 1. The Hall–Kier alpha value is -2.37. The highest BCUT2D eigenvalue weighted by Crippen LogP contribution is 2.26. The van der Waals surface area contributed by atoms with Gasteiger partial charge in [-0.05, 0) is 0 Å². The first-order chi connectivity index (χ1) is 10.9. The average molecular weight is 328 g/mol. The molecule has 1 fully saturated rings. The molecule has 2 rings (SSSR count). The van der Waals surface area contributed by atoms with E-state index in [9.17, 15) is 19.5 Å². The second kappa shape index (κ2) is 7.26. The van der Waals surface area contributed by atoms with Crippen molar-refractivity contribution >= 4 is 17.8 Å². The fourth-order valence-electron chi connectivity index (χ4n) is 2.06. The van der Waals surface area contributed by atoms with E-state index in [0.717, 1.165) is 10.9 Å². The number of carbonyl (C=O) groups is 2. The lowest BCUT2D eigenvalue weighted by Gasteiger charge is -2.13. The molecule has 0 aliphatic carbocycles. The number of anilines is 1. The molecule has 4 N–H and O–H groups in total. The molecule has 11 nitrogen and oxygen atoms in total. The van der Waals surface area contributed by atoms with E-state index in [4.69, 9.17) is 14.9 Å². The van der Waals surface area contributed by atoms with Gasteiger partial charge in [-0.3, -0.25) is 19.5 Å². The largest absolute Gasteiger partial charge is 0.481 e. The minimum atomic E-state index is -1.12. The average Bonchev–Trinajstić information content (AvgIpc) is 2.86. The molecule has 3 atom stereocenters. The van der Waals surface area contributed by atoms with Gasteiger partial charge in [0, 0.05) is 12.8 Å². The van der Waals surface area contributed by atoms with Crippen LogP contribution in [0.25, 0.3) is 0 Å². The standard InChI is InChI=1S/C12H16N4O7/c17-4-7-6(18)3-9(23-7)16-5-13-11(15-12(16)22)14-8(19)1-2-10(20)21/h5-7,9,17-18H,1-4H2,(H,20,21)(H,14,15,19,22)/t6-,7+,9+/m0/s1. The number of ether oxygens (including phenoxy) is 1. The lowest BCUT2D eigenvalue weighted by Crippen LogP contribution is -2.29. The summed E-state index contributed by atoms with van der Waals surface area (Å²) in [4.78, 5) is 41.1. The van der Waals surface area contributed by atoms with Crippen molar-refractivity contribution in [3.63, 3.8) is 0 Å². The van der Waals surface area contributed by atoms with Crippen LogP contribution in [0.5, 0.6) is 0 Å². The lowest BCUT2D eigenvalue weighted by atomic mass is 10.2. The number of nitrogens with zero attached hydrogens (tertiary/aromatic N) is 3. The minimum absolute atomic E-state index is 0.0960. The summed E-state index contributed by atoms with van der Waals surface area (Å²) in [6, 6.07) is 0. The number of hydrogen-bond acceptors (Lipinski definition) is 8. The third-order valence-electron chi connectivity index (χ3n) is 3.24. The third kappa shape index (κ3) is 4.31. The molecule has 0 bridgehead atoms. The van der Waals surface area contributed by atoms with Gasteiger partial charge in [-0.15, -0.1) is 0 Å². The van der Waals surface area contributed by atoms with Gasteiger partial charge in [0.1, 0.15) is 18.7 Å². The predicted octanol–water partition coefficient (Wildman–Crippen LogP) is -1.92. The highest BCUT2D eigenvalue weighted by Gasteiger charge is 2.35. The summed E-state index contributed by atoms with van der Waals surface area (Å²) in [5, 5.41) is 29.3. The number of carbonyl (C=O) groups excluding carboxylic acids is 1. The molecule has 0 spiro atoms. The molecular formula is C12H16N4O7. The highest BCUT2D eigenvalue weighted by atomic mass is 16.5. The van der Waals surface area contributed by atoms with Crippen LogP contribution < -0.4 is 11.0 Å². The van der Waals surface area contributed by atoms with Crippen molar-refractivity contribution in [2.45, 2.75) is 37.7 Å². The molecule has 0 unspecified atom stereocenters. The van der Waals surface area contributed by atoms with Crippen molar-refractivity contribution in [2.24, 2.45) is 0 Å². The monoisotopic (exact) mass is 328 g/mol. The van der Waals surface area contributed by atoms with Gasteiger partial charge in [0.05, 0.1) is 19.1 Å². The van der Waals surface area contributed by atoms with Gasteiger partial charge < -0.3 is 20.1 Å². The Labute approximate surface area is 129 Å². The number of aliphatic hydroxyl groups excluding tert-OH is 2. The van der Waals surface area contributed by atoms with Crippen molar-refractivity contribution < 1.29 is 29.6 Å². The van der Waals surface area contributed by atoms with E-state index in [1.54, 1.807) is 0 Å². The fraction of sp³-hybridized carbons (Fsp3) is 0.583. The molecule has 11 heteroatoms. The molecule has 1 aliphatic rings. The number of rotatable bonds is 6. The van der Waals surface area contributed by atoms with E-state index in [-0.39, 0.29) is 31.8 Å². The molecule has 126 valence electrons. The van der Waals surface area contributed by atoms with Gasteiger partial charge in [0.25, 0.3) is 0 Å². The second-order valence-corrected chi connectivity index (χ2v) is 4.93. The van der Waals surface area contributed by atoms with Crippen LogP contribution in [0.1, 0.15) is 25.5 Å². The Bertz CT molecular complexity index is 647. The third-order valence-corrected chi connectivity index (χ3v) is 3.24. The van der Waals surface area contributed by atoms with Gasteiger partial charge in [0.15, 0.2) is 0 Å². The van der Waals surface area contributed by atoms with Crippen LogP contribution in [0.15, 0.2) is 11.1 Å². The molecule has 1 amide bonds. The molecule has 0 saturated carbocycles. The SMILES string of the molecule is O=C(O)CCC(=O)Nc1ncn([C@H]2C[C@H](O)[C@@H](CO)O2)c(=O)n1. The fourth-order valence-corrected chi connectivity index (χ4v) is 2.06. The number of nitrogens with one attached hydrogen (secondary N) is 1. The molecule has 1 aromatic rings. The summed E-state index contributed by atoms with van der Waals surface area (Å²) in [6.07, 6.45) is -1.93. The van der Waals surface area contributed by atoms with Gasteiger partial charge in [-0.2, -0.15) is 4.98 Å². The summed E-state index contributed by atoms with van der Waals surface area (Å²) in [5.41, 5.74) is -0.760. The molecule has 0 radical (unpaired) electrons. The van der Waals surface area contributed by atoms with Crippen LogP contribution in [0, 0.1) is 0 Å². The van der Waals surface area contributed by atoms with Crippen molar-refractivity contribution in [3.05, 3.63) is 16.8 Å². The zero-order chi connectivity index (χ0) is 17.0. The molecule has 1 saturated heterocycles. The number of amides is 1. The van der Waals surface area contributed by atoms with E-state index in [2.05, 4.69) is 15.3 Å². The van der Waals surface area contributed by atoms with Gasteiger partial charge >= 0.3 is 11.7 Å². The molecule has 1 aromatic heterocycles.